The quantitative estimate of drug-likeness (QED) is 0.377. The van der Waals surface area contributed by atoms with Crippen LogP contribution in [-0.4, -0.2) is 60.4 Å². The fraction of sp³-hybridized carbons (Fsp3) is 0.379. The van der Waals surface area contributed by atoms with E-state index in [2.05, 4.69) is 26.9 Å². The van der Waals surface area contributed by atoms with E-state index in [1.807, 2.05) is 35.6 Å². The fourth-order valence-electron chi connectivity index (χ4n) is 5.80. The standard InChI is InChI=1S/C29H32N4O3S/c1-35-20-12-10-19(11-13-20)26(22-7-5-8-23(36-2)27(22)34)32-14-16-33(17-15-32)28-25-21-6-3-4-9-24(21)37-29(25)31-18-30-28/h5,7-8,10-13,18,26,34H,3-4,6,9,14-17H2,1-2H3. The molecule has 0 bridgehead atoms. The number of aryl methyl sites for hydroxylation is 2. The van der Waals surface area contributed by atoms with Crippen molar-refractivity contribution in [1.29, 1.82) is 0 Å². The van der Waals surface area contributed by atoms with Gasteiger partial charge in [-0.15, -0.1) is 11.3 Å². The van der Waals surface area contributed by atoms with Crippen molar-refractivity contribution < 1.29 is 14.6 Å². The normalized spacial score (nSPS) is 17.0. The van der Waals surface area contributed by atoms with E-state index in [0.717, 1.165) is 66.5 Å². The molecule has 1 fully saturated rings. The second-order valence-corrected chi connectivity index (χ2v) is 10.8. The second-order valence-electron chi connectivity index (χ2n) is 9.69. The third-order valence-electron chi connectivity index (χ3n) is 7.69. The Labute approximate surface area is 221 Å². The van der Waals surface area contributed by atoms with Crippen LogP contribution in [0.25, 0.3) is 10.2 Å². The molecule has 2 aromatic heterocycles. The number of nitrogens with zero attached hydrogens (tertiary/aromatic N) is 4. The molecule has 0 spiro atoms. The summed E-state index contributed by atoms with van der Waals surface area (Å²) >= 11 is 1.85. The average molecular weight is 517 g/mol. The molecule has 1 aliphatic carbocycles. The maximum absolute atomic E-state index is 11.1. The van der Waals surface area contributed by atoms with Crippen molar-refractivity contribution in [2.75, 3.05) is 45.3 Å². The molecule has 192 valence electrons. The lowest BCUT2D eigenvalue weighted by Gasteiger charge is -2.40. The second kappa shape index (κ2) is 10.2. The highest BCUT2D eigenvalue weighted by Gasteiger charge is 2.31. The van der Waals surface area contributed by atoms with Gasteiger partial charge in [0.05, 0.1) is 25.6 Å². The average Bonchev–Trinajstić information content (AvgIpc) is 3.34. The van der Waals surface area contributed by atoms with E-state index in [1.165, 1.54) is 28.7 Å². The van der Waals surface area contributed by atoms with Crippen molar-refractivity contribution in [3.05, 3.63) is 70.4 Å². The largest absolute Gasteiger partial charge is 0.504 e. The first-order chi connectivity index (χ1) is 18.2. The molecule has 0 saturated carbocycles. The van der Waals surface area contributed by atoms with E-state index in [9.17, 15) is 5.11 Å². The SMILES string of the molecule is COc1ccc(C(c2cccc(OC)c2O)N2CCN(c3ncnc4sc5c(c34)CCCC5)CC2)cc1. The molecule has 1 saturated heterocycles. The summed E-state index contributed by atoms with van der Waals surface area (Å²) in [6.45, 7) is 3.39. The lowest BCUT2D eigenvalue weighted by atomic mass is 9.95. The molecule has 0 amide bonds. The molecule has 1 aliphatic heterocycles. The molecule has 1 N–H and O–H groups in total. The molecule has 7 nitrogen and oxygen atoms in total. The molecule has 37 heavy (non-hydrogen) atoms. The van der Waals surface area contributed by atoms with Crippen LogP contribution in [0.3, 0.4) is 0 Å². The number of anilines is 1. The number of hydrogen-bond donors (Lipinski definition) is 1. The minimum Gasteiger partial charge on any atom is -0.504 e. The van der Waals surface area contributed by atoms with E-state index in [4.69, 9.17) is 14.5 Å². The van der Waals surface area contributed by atoms with E-state index < -0.39 is 0 Å². The molecule has 1 unspecified atom stereocenters. The van der Waals surface area contributed by atoms with Crippen molar-refractivity contribution in [1.82, 2.24) is 14.9 Å². The molecule has 6 rings (SSSR count). The summed E-state index contributed by atoms with van der Waals surface area (Å²) < 4.78 is 10.8. The summed E-state index contributed by atoms with van der Waals surface area (Å²) in [5, 5.41) is 12.4. The highest BCUT2D eigenvalue weighted by atomic mass is 32.1. The molecule has 1 atom stereocenters. The van der Waals surface area contributed by atoms with Gasteiger partial charge in [-0.3, -0.25) is 4.90 Å². The van der Waals surface area contributed by atoms with Crippen LogP contribution in [0.4, 0.5) is 5.82 Å². The first-order valence-electron chi connectivity index (χ1n) is 12.9. The van der Waals surface area contributed by atoms with Crippen LogP contribution in [0.15, 0.2) is 48.8 Å². The third kappa shape index (κ3) is 4.38. The zero-order chi connectivity index (χ0) is 25.4. The number of aromatic hydroxyl groups is 1. The van der Waals surface area contributed by atoms with E-state index in [-0.39, 0.29) is 11.8 Å². The van der Waals surface area contributed by atoms with E-state index in [0.29, 0.717) is 5.75 Å². The molecule has 4 aromatic rings. The summed E-state index contributed by atoms with van der Waals surface area (Å²) in [4.78, 5) is 16.9. The predicted octanol–water partition coefficient (Wildman–Crippen LogP) is 5.20. The number of aromatic nitrogens is 2. The lowest BCUT2D eigenvalue weighted by molar-refractivity contribution is 0.208. The van der Waals surface area contributed by atoms with Crippen LogP contribution in [0.2, 0.25) is 0 Å². The Morgan fingerprint density at radius 1 is 0.919 bits per heavy atom. The number of methoxy groups -OCH3 is 2. The molecular formula is C29H32N4O3S. The zero-order valence-corrected chi connectivity index (χ0v) is 22.1. The highest BCUT2D eigenvalue weighted by molar-refractivity contribution is 7.19. The number of rotatable bonds is 6. The van der Waals surface area contributed by atoms with Crippen LogP contribution in [0, 0.1) is 0 Å². The smallest absolute Gasteiger partial charge is 0.162 e. The van der Waals surface area contributed by atoms with Crippen molar-refractivity contribution in [2.24, 2.45) is 0 Å². The summed E-state index contributed by atoms with van der Waals surface area (Å²) in [6, 6.07) is 13.7. The summed E-state index contributed by atoms with van der Waals surface area (Å²) in [7, 11) is 3.26. The number of piperazine rings is 1. The number of hydrogen-bond acceptors (Lipinski definition) is 8. The number of thiophene rings is 1. The number of benzene rings is 2. The molecule has 3 heterocycles. The van der Waals surface area contributed by atoms with Gasteiger partial charge in [0, 0.05) is 36.6 Å². The molecule has 8 heteroatoms. The summed E-state index contributed by atoms with van der Waals surface area (Å²) in [5.74, 6) is 2.57. The topological polar surface area (TPSA) is 71.0 Å². The van der Waals surface area contributed by atoms with Crippen LogP contribution < -0.4 is 14.4 Å². The summed E-state index contributed by atoms with van der Waals surface area (Å²) in [5.41, 5.74) is 3.42. The Hall–Kier alpha value is -3.36. The van der Waals surface area contributed by atoms with E-state index in [1.54, 1.807) is 26.6 Å². The number of phenols is 1. The predicted molar refractivity (Wildman–Crippen MR) is 147 cm³/mol. The van der Waals surface area contributed by atoms with Crippen LogP contribution in [0.5, 0.6) is 17.2 Å². The van der Waals surface area contributed by atoms with Gasteiger partial charge in [0.25, 0.3) is 0 Å². The Balaban J connectivity index is 1.31. The van der Waals surface area contributed by atoms with Gasteiger partial charge < -0.3 is 19.5 Å². The van der Waals surface area contributed by atoms with Crippen LogP contribution >= 0.6 is 11.3 Å². The maximum Gasteiger partial charge on any atom is 0.162 e. The zero-order valence-electron chi connectivity index (χ0n) is 21.3. The molecule has 2 aromatic carbocycles. The molecule has 2 aliphatic rings. The third-order valence-corrected chi connectivity index (χ3v) is 8.89. The van der Waals surface area contributed by atoms with Crippen molar-refractivity contribution in [2.45, 2.75) is 31.7 Å². The maximum atomic E-state index is 11.1. The first-order valence-corrected chi connectivity index (χ1v) is 13.7. The van der Waals surface area contributed by atoms with E-state index >= 15 is 0 Å². The fourth-order valence-corrected chi connectivity index (χ4v) is 7.03. The number of fused-ring (bicyclic) bond motifs is 3. The molecule has 0 radical (unpaired) electrons. The van der Waals surface area contributed by atoms with Crippen molar-refractivity contribution in [3.63, 3.8) is 0 Å². The van der Waals surface area contributed by atoms with Crippen molar-refractivity contribution in [3.8, 4) is 17.2 Å². The minimum atomic E-state index is -0.109. The number of phenolic OH excluding ortho intramolecular Hbond substituents is 1. The van der Waals surface area contributed by atoms with Gasteiger partial charge >= 0.3 is 0 Å². The Kier molecular flexibility index (Phi) is 6.61. The lowest BCUT2D eigenvalue weighted by Crippen LogP contribution is -2.48. The van der Waals surface area contributed by atoms with Gasteiger partial charge in [-0.25, -0.2) is 9.97 Å². The summed E-state index contributed by atoms with van der Waals surface area (Å²) in [6.07, 6.45) is 6.53. The Bertz CT molecular complexity index is 1400. The minimum absolute atomic E-state index is 0.109. The Morgan fingerprint density at radius 3 is 2.46 bits per heavy atom. The first kappa shape index (κ1) is 24.0. The van der Waals surface area contributed by atoms with Crippen LogP contribution in [0.1, 0.15) is 40.5 Å². The number of para-hydroxylation sites is 1. The van der Waals surface area contributed by atoms with Gasteiger partial charge in [-0.1, -0.05) is 24.3 Å². The van der Waals surface area contributed by atoms with Crippen LogP contribution in [-0.2, 0) is 12.8 Å². The monoisotopic (exact) mass is 516 g/mol. The van der Waals surface area contributed by atoms with Gasteiger partial charge in [0.2, 0.25) is 0 Å². The van der Waals surface area contributed by atoms with Gasteiger partial charge in [0.1, 0.15) is 22.7 Å². The van der Waals surface area contributed by atoms with Gasteiger partial charge in [-0.05, 0) is 55.0 Å². The molecular weight excluding hydrogens is 484 g/mol. The van der Waals surface area contributed by atoms with Gasteiger partial charge in [0.15, 0.2) is 11.5 Å². The highest BCUT2D eigenvalue weighted by Crippen LogP contribution is 2.42. The van der Waals surface area contributed by atoms with Gasteiger partial charge in [-0.2, -0.15) is 0 Å². The van der Waals surface area contributed by atoms with Crippen molar-refractivity contribution >= 4 is 27.4 Å². The Morgan fingerprint density at radius 2 is 1.70 bits per heavy atom. The number of ether oxygens (including phenoxy) is 2.